The fourth-order valence-electron chi connectivity index (χ4n) is 3.59. The summed E-state index contributed by atoms with van der Waals surface area (Å²) < 4.78 is 5.58. The molecule has 0 spiro atoms. The van der Waals surface area contributed by atoms with Crippen LogP contribution in [0.1, 0.15) is 30.4 Å². The minimum absolute atomic E-state index is 0.204. The molecule has 2 fully saturated rings. The molecule has 3 rings (SSSR count). The lowest BCUT2D eigenvalue weighted by Crippen LogP contribution is -2.45. The Morgan fingerprint density at radius 2 is 2.30 bits per heavy atom. The zero-order valence-electron chi connectivity index (χ0n) is 12.2. The fourth-order valence-corrected chi connectivity index (χ4v) is 3.59. The first-order valence-corrected chi connectivity index (χ1v) is 7.64. The van der Waals surface area contributed by atoms with Crippen LogP contribution in [-0.4, -0.2) is 46.9 Å². The largest absolute Gasteiger partial charge is 0.393 e. The van der Waals surface area contributed by atoms with Crippen LogP contribution < -0.4 is 0 Å². The van der Waals surface area contributed by atoms with E-state index in [0.29, 0.717) is 19.3 Å². The molecule has 4 heteroatoms. The standard InChI is InChI=1S/C16H24N2O2/c1-12-7-13(9-17-8-12)10-18-5-2-3-15(18)14-11-20-6-4-16(14)19/h7-9,14-16,19H,2-6,10-11H2,1H3/t14-,15-,16-/m1/s1. The quantitative estimate of drug-likeness (QED) is 0.913. The molecule has 3 atom stereocenters. The van der Waals surface area contributed by atoms with Gasteiger partial charge in [0.05, 0.1) is 12.7 Å². The highest BCUT2D eigenvalue weighted by atomic mass is 16.5. The average Bonchev–Trinajstić information content (AvgIpc) is 2.87. The van der Waals surface area contributed by atoms with Gasteiger partial charge >= 0.3 is 0 Å². The molecule has 1 aromatic rings. The molecule has 0 aromatic carbocycles. The monoisotopic (exact) mass is 276 g/mol. The normalized spacial score (nSPS) is 31.6. The lowest BCUT2D eigenvalue weighted by Gasteiger charge is -2.37. The zero-order chi connectivity index (χ0) is 13.9. The van der Waals surface area contributed by atoms with Gasteiger partial charge in [0.15, 0.2) is 0 Å². The molecule has 0 bridgehead atoms. The molecule has 0 saturated carbocycles. The Morgan fingerprint density at radius 1 is 1.40 bits per heavy atom. The van der Waals surface area contributed by atoms with Crippen molar-refractivity contribution in [1.82, 2.24) is 9.88 Å². The van der Waals surface area contributed by atoms with Crippen molar-refractivity contribution in [3.8, 4) is 0 Å². The van der Waals surface area contributed by atoms with E-state index in [9.17, 15) is 5.11 Å². The molecule has 0 unspecified atom stereocenters. The van der Waals surface area contributed by atoms with E-state index >= 15 is 0 Å². The maximum atomic E-state index is 10.2. The molecule has 1 aromatic heterocycles. The Bertz CT molecular complexity index is 452. The molecular formula is C16H24N2O2. The SMILES string of the molecule is Cc1cncc(CN2CCC[C@@H]2[C@H]2COCC[C@H]2O)c1. The number of rotatable bonds is 3. The molecule has 2 aliphatic heterocycles. The van der Waals surface area contributed by atoms with E-state index < -0.39 is 0 Å². The van der Waals surface area contributed by atoms with Crippen LogP contribution in [-0.2, 0) is 11.3 Å². The summed E-state index contributed by atoms with van der Waals surface area (Å²) in [6.45, 7) is 5.53. The molecule has 1 N–H and O–H groups in total. The number of pyridine rings is 1. The molecule has 2 saturated heterocycles. The number of aliphatic hydroxyl groups is 1. The van der Waals surface area contributed by atoms with Crippen molar-refractivity contribution in [2.45, 2.75) is 44.9 Å². The maximum Gasteiger partial charge on any atom is 0.0627 e. The van der Waals surface area contributed by atoms with Gasteiger partial charge in [-0.1, -0.05) is 6.07 Å². The first kappa shape index (κ1) is 14.0. The minimum Gasteiger partial charge on any atom is -0.393 e. The number of aromatic nitrogens is 1. The minimum atomic E-state index is -0.204. The van der Waals surface area contributed by atoms with Crippen molar-refractivity contribution in [1.29, 1.82) is 0 Å². The summed E-state index contributed by atoms with van der Waals surface area (Å²) in [4.78, 5) is 6.78. The molecule has 0 amide bonds. The average molecular weight is 276 g/mol. The van der Waals surface area contributed by atoms with Crippen LogP contribution in [0.25, 0.3) is 0 Å². The zero-order valence-corrected chi connectivity index (χ0v) is 12.2. The molecule has 0 radical (unpaired) electrons. The number of hydrogen-bond acceptors (Lipinski definition) is 4. The fraction of sp³-hybridized carbons (Fsp3) is 0.688. The predicted molar refractivity (Wildman–Crippen MR) is 77.3 cm³/mol. The smallest absolute Gasteiger partial charge is 0.0627 e. The Morgan fingerprint density at radius 3 is 3.10 bits per heavy atom. The van der Waals surface area contributed by atoms with Crippen molar-refractivity contribution >= 4 is 0 Å². The third kappa shape index (κ3) is 3.03. The summed E-state index contributed by atoms with van der Waals surface area (Å²) in [6.07, 6.45) is 6.81. The van der Waals surface area contributed by atoms with E-state index in [1.54, 1.807) is 0 Å². The van der Waals surface area contributed by atoms with E-state index in [0.717, 1.165) is 19.5 Å². The summed E-state index contributed by atoms with van der Waals surface area (Å²) in [5.74, 6) is 0.268. The first-order chi connectivity index (χ1) is 9.74. The van der Waals surface area contributed by atoms with Gasteiger partial charge < -0.3 is 9.84 Å². The lowest BCUT2D eigenvalue weighted by molar-refractivity contribution is -0.0636. The Balaban J connectivity index is 1.69. The Hall–Kier alpha value is -0.970. The van der Waals surface area contributed by atoms with Crippen LogP contribution in [0, 0.1) is 12.8 Å². The second-order valence-electron chi connectivity index (χ2n) is 6.15. The van der Waals surface area contributed by atoms with Gasteiger partial charge in [0, 0.05) is 37.5 Å². The molecule has 4 nitrogen and oxygen atoms in total. The molecule has 0 aliphatic carbocycles. The van der Waals surface area contributed by atoms with Crippen LogP contribution in [0.4, 0.5) is 0 Å². The number of nitrogens with zero attached hydrogens (tertiary/aromatic N) is 2. The van der Waals surface area contributed by atoms with Gasteiger partial charge in [0.25, 0.3) is 0 Å². The number of ether oxygens (including phenoxy) is 1. The highest BCUT2D eigenvalue weighted by Crippen LogP contribution is 2.30. The Labute approximate surface area is 120 Å². The van der Waals surface area contributed by atoms with Crippen molar-refractivity contribution in [2.75, 3.05) is 19.8 Å². The van der Waals surface area contributed by atoms with Crippen LogP contribution >= 0.6 is 0 Å². The molecule has 2 aliphatic rings. The highest BCUT2D eigenvalue weighted by Gasteiger charge is 2.37. The number of aryl methyl sites for hydroxylation is 1. The van der Waals surface area contributed by atoms with E-state index in [-0.39, 0.29) is 12.0 Å². The van der Waals surface area contributed by atoms with Gasteiger partial charge in [-0.2, -0.15) is 0 Å². The molecular weight excluding hydrogens is 252 g/mol. The van der Waals surface area contributed by atoms with Crippen LogP contribution in [0.15, 0.2) is 18.5 Å². The van der Waals surface area contributed by atoms with Gasteiger partial charge in [0.2, 0.25) is 0 Å². The lowest BCUT2D eigenvalue weighted by atomic mass is 9.89. The summed E-state index contributed by atoms with van der Waals surface area (Å²) in [6, 6.07) is 2.65. The first-order valence-electron chi connectivity index (χ1n) is 7.64. The summed E-state index contributed by atoms with van der Waals surface area (Å²) >= 11 is 0. The third-order valence-electron chi connectivity index (χ3n) is 4.59. The van der Waals surface area contributed by atoms with Gasteiger partial charge in [-0.25, -0.2) is 0 Å². The van der Waals surface area contributed by atoms with E-state index in [2.05, 4.69) is 22.9 Å². The van der Waals surface area contributed by atoms with Crippen molar-refractivity contribution in [3.05, 3.63) is 29.6 Å². The number of hydrogen-bond donors (Lipinski definition) is 1. The predicted octanol–water partition coefficient (Wildman–Crippen LogP) is 1.75. The summed E-state index contributed by atoms with van der Waals surface area (Å²) in [7, 11) is 0. The van der Waals surface area contributed by atoms with Gasteiger partial charge in [-0.05, 0) is 43.9 Å². The van der Waals surface area contributed by atoms with Crippen LogP contribution in [0.3, 0.4) is 0 Å². The topological polar surface area (TPSA) is 45.6 Å². The maximum absolute atomic E-state index is 10.2. The second-order valence-corrected chi connectivity index (χ2v) is 6.15. The van der Waals surface area contributed by atoms with Crippen molar-refractivity contribution < 1.29 is 9.84 Å². The van der Waals surface area contributed by atoms with Crippen LogP contribution in [0.5, 0.6) is 0 Å². The third-order valence-corrected chi connectivity index (χ3v) is 4.59. The summed E-state index contributed by atoms with van der Waals surface area (Å²) in [5.41, 5.74) is 2.47. The Kier molecular flexibility index (Phi) is 4.34. The van der Waals surface area contributed by atoms with Gasteiger partial charge in [-0.3, -0.25) is 9.88 Å². The molecule has 110 valence electrons. The number of likely N-dealkylation sites (tertiary alicyclic amines) is 1. The number of aliphatic hydroxyl groups excluding tert-OH is 1. The second kappa shape index (κ2) is 6.20. The van der Waals surface area contributed by atoms with E-state index in [1.807, 2.05) is 12.4 Å². The van der Waals surface area contributed by atoms with Gasteiger partial charge in [-0.15, -0.1) is 0 Å². The molecule has 20 heavy (non-hydrogen) atoms. The molecule has 3 heterocycles. The van der Waals surface area contributed by atoms with Crippen molar-refractivity contribution in [2.24, 2.45) is 5.92 Å². The van der Waals surface area contributed by atoms with Gasteiger partial charge in [0.1, 0.15) is 0 Å². The van der Waals surface area contributed by atoms with E-state index in [4.69, 9.17) is 4.74 Å². The highest BCUT2D eigenvalue weighted by molar-refractivity contribution is 5.16. The van der Waals surface area contributed by atoms with E-state index in [1.165, 1.54) is 24.0 Å². The van der Waals surface area contributed by atoms with Crippen molar-refractivity contribution in [3.63, 3.8) is 0 Å². The van der Waals surface area contributed by atoms with Crippen LogP contribution in [0.2, 0.25) is 0 Å². The summed E-state index contributed by atoms with van der Waals surface area (Å²) in [5, 5.41) is 10.2.